The Kier molecular flexibility index (Phi) is 4.65. The van der Waals surface area contributed by atoms with Crippen LogP contribution in [0.25, 0.3) is 0 Å². The molecule has 0 heterocycles. The zero-order chi connectivity index (χ0) is 15.6. The summed E-state index contributed by atoms with van der Waals surface area (Å²) in [5.74, 6) is -0.814. The SMILES string of the molecule is Cc1ccc(NS(=O)(=O)c2cc(CN)ccc2F)cc1Br. The second kappa shape index (κ2) is 6.13. The molecule has 0 bridgehead atoms. The van der Waals surface area contributed by atoms with Crippen LogP contribution in [0.4, 0.5) is 10.1 Å². The summed E-state index contributed by atoms with van der Waals surface area (Å²) < 4.78 is 41.5. The molecule has 112 valence electrons. The highest BCUT2D eigenvalue weighted by molar-refractivity contribution is 9.10. The molecular formula is C14H14BrFN2O2S. The molecule has 0 spiro atoms. The predicted octanol–water partition coefficient (Wildman–Crippen LogP) is 3.16. The van der Waals surface area contributed by atoms with Crippen molar-refractivity contribution in [1.29, 1.82) is 0 Å². The molecule has 4 nitrogen and oxygen atoms in total. The molecule has 0 saturated carbocycles. The van der Waals surface area contributed by atoms with Crippen molar-refractivity contribution in [3.05, 3.63) is 57.8 Å². The third kappa shape index (κ3) is 3.61. The van der Waals surface area contributed by atoms with Crippen molar-refractivity contribution < 1.29 is 12.8 Å². The van der Waals surface area contributed by atoms with E-state index in [1.165, 1.54) is 12.1 Å². The average Bonchev–Trinajstić information content (AvgIpc) is 2.43. The van der Waals surface area contributed by atoms with Crippen LogP contribution >= 0.6 is 15.9 Å². The first-order chi connectivity index (χ1) is 9.83. The molecule has 0 amide bonds. The number of rotatable bonds is 4. The van der Waals surface area contributed by atoms with Gasteiger partial charge in [0.25, 0.3) is 10.0 Å². The van der Waals surface area contributed by atoms with Crippen LogP contribution in [0.5, 0.6) is 0 Å². The van der Waals surface area contributed by atoms with Gasteiger partial charge in [0.05, 0.1) is 0 Å². The third-order valence-electron chi connectivity index (χ3n) is 2.94. The smallest absolute Gasteiger partial charge is 0.264 e. The van der Waals surface area contributed by atoms with Crippen LogP contribution in [0.1, 0.15) is 11.1 Å². The third-order valence-corrected chi connectivity index (χ3v) is 5.20. The summed E-state index contributed by atoms with van der Waals surface area (Å²) in [4.78, 5) is -0.415. The first-order valence-electron chi connectivity index (χ1n) is 6.11. The van der Waals surface area contributed by atoms with E-state index < -0.39 is 20.7 Å². The number of hydrogen-bond donors (Lipinski definition) is 2. The Bertz CT molecular complexity index is 779. The minimum Gasteiger partial charge on any atom is -0.326 e. The van der Waals surface area contributed by atoms with Crippen LogP contribution in [0.15, 0.2) is 45.8 Å². The predicted molar refractivity (Wildman–Crippen MR) is 84.0 cm³/mol. The van der Waals surface area contributed by atoms with Crippen molar-refractivity contribution in [2.45, 2.75) is 18.4 Å². The van der Waals surface area contributed by atoms with Gasteiger partial charge in [-0.25, -0.2) is 12.8 Å². The fourth-order valence-corrected chi connectivity index (χ4v) is 3.30. The molecule has 0 aliphatic carbocycles. The molecule has 2 aromatic carbocycles. The van der Waals surface area contributed by atoms with Crippen molar-refractivity contribution in [2.75, 3.05) is 4.72 Å². The van der Waals surface area contributed by atoms with E-state index in [1.807, 2.05) is 6.92 Å². The molecule has 3 N–H and O–H groups in total. The molecule has 0 fully saturated rings. The fourth-order valence-electron chi connectivity index (χ4n) is 1.75. The Balaban J connectivity index is 2.40. The Labute approximate surface area is 131 Å². The second-order valence-electron chi connectivity index (χ2n) is 4.54. The summed E-state index contributed by atoms with van der Waals surface area (Å²) in [5, 5.41) is 0. The van der Waals surface area contributed by atoms with Crippen LogP contribution < -0.4 is 10.5 Å². The number of halogens is 2. The van der Waals surface area contributed by atoms with Crippen LogP contribution in [-0.2, 0) is 16.6 Å². The van der Waals surface area contributed by atoms with Crippen molar-refractivity contribution in [3.63, 3.8) is 0 Å². The normalized spacial score (nSPS) is 11.4. The van der Waals surface area contributed by atoms with Crippen molar-refractivity contribution in [1.82, 2.24) is 0 Å². The lowest BCUT2D eigenvalue weighted by atomic mass is 10.2. The molecule has 0 aliphatic heterocycles. The summed E-state index contributed by atoms with van der Waals surface area (Å²) in [5.41, 5.74) is 7.32. The maximum Gasteiger partial charge on any atom is 0.264 e. The van der Waals surface area contributed by atoms with E-state index in [1.54, 1.807) is 18.2 Å². The van der Waals surface area contributed by atoms with Crippen molar-refractivity contribution in [2.24, 2.45) is 5.73 Å². The van der Waals surface area contributed by atoms with E-state index in [9.17, 15) is 12.8 Å². The zero-order valence-corrected chi connectivity index (χ0v) is 13.6. The maximum atomic E-state index is 13.8. The van der Waals surface area contributed by atoms with Gasteiger partial charge < -0.3 is 5.73 Å². The highest BCUT2D eigenvalue weighted by Gasteiger charge is 2.19. The van der Waals surface area contributed by atoms with Gasteiger partial charge in [0.2, 0.25) is 0 Å². The Morgan fingerprint density at radius 2 is 1.95 bits per heavy atom. The zero-order valence-electron chi connectivity index (χ0n) is 11.2. The number of benzene rings is 2. The Morgan fingerprint density at radius 3 is 2.57 bits per heavy atom. The lowest BCUT2D eigenvalue weighted by Crippen LogP contribution is -2.15. The lowest BCUT2D eigenvalue weighted by molar-refractivity contribution is 0.569. The maximum absolute atomic E-state index is 13.8. The first kappa shape index (κ1) is 15.9. The summed E-state index contributed by atoms with van der Waals surface area (Å²) in [6.07, 6.45) is 0. The van der Waals surface area contributed by atoms with Gasteiger partial charge in [0.15, 0.2) is 0 Å². The highest BCUT2D eigenvalue weighted by atomic mass is 79.9. The lowest BCUT2D eigenvalue weighted by Gasteiger charge is -2.11. The monoisotopic (exact) mass is 372 g/mol. The second-order valence-corrected chi connectivity index (χ2v) is 7.04. The number of hydrogen-bond acceptors (Lipinski definition) is 3. The molecule has 0 aliphatic rings. The minimum absolute atomic E-state index is 0.138. The molecule has 0 radical (unpaired) electrons. The Morgan fingerprint density at radius 1 is 1.24 bits per heavy atom. The highest BCUT2D eigenvalue weighted by Crippen LogP contribution is 2.24. The molecule has 21 heavy (non-hydrogen) atoms. The van der Waals surface area contributed by atoms with Crippen LogP contribution in [0.2, 0.25) is 0 Å². The number of aryl methyl sites for hydroxylation is 1. The molecular weight excluding hydrogens is 359 g/mol. The topological polar surface area (TPSA) is 72.2 Å². The van der Waals surface area contributed by atoms with E-state index in [0.29, 0.717) is 11.3 Å². The Hall–Kier alpha value is -1.44. The summed E-state index contributed by atoms with van der Waals surface area (Å²) in [6.45, 7) is 2.02. The average molecular weight is 373 g/mol. The number of anilines is 1. The largest absolute Gasteiger partial charge is 0.326 e. The molecule has 2 rings (SSSR count). The number of nitrogens with one attached hydrogen (secondary N) is 1. The van der Waals surface area contributed by atoms with E-state index in [2.05, 4.69) is 20.7 Å². The summed E-state index contributed by atoms with van der Waals surface area (Å²) in [6, 6.07) is 8.79. The number of nitrogens with two attached hydrogens (primary N) is 1. The fraction of sp³-hybridized carbons (Fsp3) is 0.143. The van der Waals surface area contributed by atoms with Gasteiger partial charge in [-0.15, -0.1) is 0 Å². The van der Waals surface area contributed by atoms with E-state index in [4.69, 9.17) is 5.73 Å². The molecule has 0 aromatic heterocycles. The summed E-state index contributed by atoms with van der Waals surface area (Å²) in [7, 11) is -4.01. The van der Waals surface area contributed by atoms with Gasteiger partial charge in [-0.3, -0.25) is 4.72 Å². The van der Waals surface area contributed by atoms with Crippen LogP contribution in [-0.4, -0.2) is 8.42 Å². The van der Waals surface area contributed by atoms with Gasteiger partial charge in [0.1, 0.15) is 10.7 Å². The molecule has 0 atom stereocenters. The van der Waals surface area contributed by atoms with Crippen LogP contribution in [0, 0.1) is 12.7 Å². The van der Waals surface area contributed by atoms with Gasteiger partial charge >= 0.3 is 0 Å². The van der Waals surface area contributed by atoms with Gasteiger partial charge in [-0.05, 0) is 42.3 Å². The minimum atomic E-state index is -4.01. The van der Waals surface area contributed by atoms with Crippen molar-refractivity contribution in [3.8, 4) is 0 Å². The number of sulfonamides is 1. The van der Waals surface area contributed by atoms with Crippen molar-refractivity contribution >= 4 is 31.6 Å². The molecule has 0 unspecified atom stereocenters. The molecule has 7 heteroatoms. The van der Waals surface area contributed by atoms with Gasteiger partial charge in [0, 0.05) is 16.7 Å². The first-order valence-corrected chi connectivity index (χ1v) is 8.38. The van der Waals surface area contributed by atoms with Gasteiger partial charge in [-0.2, -0.15) is 0 Å². The van der Waals surface area contributed by atoms with E-state index >= 15 is 0 Å². The van der Waals surface area contributed by atoms with Crippen LogP contribution in [0.3, 0.4) is 0 Å². The summed E-state index contributed by atoms with van der Waals surface area (Å²) >= 11 is 3.32. The molecule has 0 saturated heterocycles. The quantitative estimate of drug-likeness (QED) is 0.865. The van der Waals surface area contributed by atoms with E-state index in [-0.39, 0.29) is 6.54 Å². The van der Waals surface area contributed by atoms with E-state index in [0.717, 1.165) is 16.1 Å². The van der Waals surface area contributed by atoms with Gasteiger partial charge in [-0.1, -0.05) is 28.1 Å². The molecule has 2 aromatic rings. The standard InChI is InChI=1S/C14H14BrFN2O2S/c1-9-2-4-11(7-12(9)15)18-21(19,20)14-6-10(8-17)3-5-13(14)16/h2-7,18H,8,17H2,1H3.